The van der Waals surface area contributed by atoms with Crippen LogP contribution in [0, 0.1) is 5.41 Å². The second-order valence-corrected chi connectivity index (χ2v) is 6.48. The van der Waals surface area contributed by atoms with Gasteiger partial charge < -0.3 is 16.2 Å². The zero-order chi connectivity index (χ0) is 15.2. The highest BCUT2D eigenvalue weighted by molar-refractivity contribution is 5.85. The van der Waals surface area contributed by atoms with Crippen LogP contribution in [-0.4, -0.2) is 29.1 Å². The third-order valence-electron chi connectivity index (χ3n) is 4.35. The molecule has 1 atom stereocenters. The number of aliphatic carboxylic acids is 1. The van der Waals surface area contributed by atoms with Crippen molar-refractivity contribution in [1.29, 1.82) is 0 Å². The van der Waals surface area contributed by atoms with Crippen molar-refractivity contribution < 1.29 is 14.7 Å². The highest BCUT2D eigenvalue weighted by atomic mass is 16.4. The number of carboxylic acid groups (broad SMARTS) is 1. The smallest absolute Gasteiger partial charge is 0.303 e. The Hall–Kier alpha value is -1.10. The lowest BCUT2D eigenvalue weighted by Gasteiger charge is -2.37. The number of amides is 1. The summed E-state index contributed by atoms with van der Waals surface area (Å²) in [4.78, 5) is 23.2. The third-order valence-corrected chi connectivity index (χ3v) is 4.35. The first kappa shape index (κ1) is 17.0. The molecule has 0 bridgehead atoms. The zero-order valence-electron chi connectivity index (χ0n) is 12.7. The molecule has 1 fully saturated rings. The Morgan fingerprint density at radius 3 is 2.40 bits per heavy atom. The molecule has 1 aliphatic carbocycles. The van der Waals surface area contributed by atoms with E-state index in [-0.39, 0.29) is 17.7 Å². The zero-order valence-corrected chi connectivity index (χ0v) is 12.7. The molecule has 4 N–H and O–H groups in total. The molecule has 116 valence electrons. The van der Waals surface area contributed by atoms with E-state index in [1.54, 1.807) is 6.92 Å². The summed E-state index contributed by atoms with van der Waals surface area (Å²) in [6, 6.07) is 0. The largest absolute Gasteiger partial charge is 0.481 e. The van der Waals surface area contributed by atoms with Crippen LogP contribution in [0.25, 0.3) is 0 Å². The second kappa shape index (κ2) is 7.07. The molecule has 0 radical (unpaired) electrons. The predicted octanol–water partition coefficient (Wildman–Crippen LogP) is 2.05. The number of carboxylic acids is 1. The molecule has 5 nitrogen and oxygen atoms in total. The minimum atomic E-state index is -0.867. The van der Waals surface area contributed by atoms with Crippen LogP contribution in [0.15, 0.2) is 0 Å². The van der Waals surface area contributed by atoms with Gasteiger partial charge in [-0.2, -0.15) is 0 Å². The van der Waals surface area contributed by atoms with Gasteiger partial charge in [-0.3, -0.25) is 9.59 Å². The first-order chi connectivity index (χ1) is 9.31. The Balaban J connectivity index is 2.62. The third kappa shape index (κ3) is 4.78. The molecular weight excluding hydrogens is 256 g/mol. The fourth-order valence-corrected chi connectivity index (χ4v) is 3.14. The van der Waals surface area contributed by atoms with Crippen molar-refractivity contribution in [1.82, 2.24) is 5.32 Å². The van der Waals surface area contributed by atoms with Gasteiger partial charge in [0.15, 0.2) is 0 Å². The predicted molar refractivity (Wildman–Crippen MR) is 78.3 cm³/mol. The van der Waals surface area contributed by atoms with Gasteiger partial charge in [0.1, 0.15) is 0 Å². The van der Waals surface area contributed by atoms with Crippen LogP contribution in [0.2, 0.25) is 0 Å². The number of nitrogens with two attached hydrogens (primary N) is 1. The molecule has 0 aromatic rings. The maximum Gasteiger partial charge on any atom is 0.303 e. The quantitative estimate of drug-likeness (QED) is 0.667. The van der Waals surface area contributed by atoms with Crippen molar-refractivity contribution in [2.24, 2.45) is 11.1 Å². The fraction of sp³-hybridized carbons (Fsp3) is 0.867. The summed E-state index contributed by atoms with van der Waals surface area (Å²) in [5, 5.41) is 12.0. The van der Waals surface area contributed by atoms with E-state index < -0.39 is 11.5 Å². The monoisotopic (exact) mass is 284 g/mol. The van der Waals surface area contributed by atoms with Gasteiger partial charge in [0.25, 0.3) is 0 Å². The molecule has 1 amide bonds. The molecule has 0 heterocycles. The van der Waals surface area contributed by atoms with Gasteiger partial charge in [-0.05, 0) is 31.6 Å². The fourth-order valence-electron chi connectivity index (χ4n) is 3.14. The average molecular weight is 284 g/mol. The molecule has 0 aromatic carbocycles. The molecule has 1 aliphatic rings. The maximum atomic E-state index is 12.1. The molecule has 1 saturated carbocycles. The normalized spacial score (nSPS) is 20.9. The van der Waals surface area contributed by atoms with Crippen molar-refractivity contribution in [3.8, 4) is 0 Å². The van der Waals surface area contributed by atoms with Crippen molar-refractivity contribution in [2.75, 3.05) is 6.54 Å². The highest BCUT2D eigenvalue weighted by Gasteiger charge is 2.36. The molecule has 20 heavy (non-hydrogen) atoms. The molecule has 0 saturated heterocycles. The first-order valence-electron chi connectivity index (χ1n) is 7.60. The molecule has 0 spiro atoms. The molecule has 1 unspecified atom stereocenters. The van der Waals surface area contributed by atoms with Crippen LogP contribution in [-0.2, 0) is 9.59 Å². The van der Waals surface area contributed by atoms with Crippen molar-refractivity contribution >= 4 is 11.9 Å². The first-order valence-corrected chi connectivity index (χ1v) is 7.60. The Bertz CT molecular complexity index is 347. The van der Waals surface area contributed by atoms with Gasteiger partial charge in [0.05, 0.1) is 12.0 Å². The molecular formula is C15H28N2O3. The van der Waals surface area contributed by atoms with Gasteiger partial charge in [-0.25, -0.2) is 0 Å². The maximum absolute atomic E-state index is 12.1. The minimum absolute atomic E-state index is 0.127. The lowest BCUT2D eigenvalue weighted by molar-refractivity contribution is -0.141. The topological polar surface area (TPSA) is 92.4 Å². The summed E-state index contributed by atoms with van der Waals surface area (Å²) >= 11 is 0. The Kier molecular flexibility index (Phi) is 5.99. The van der Waals surface area contributed by atoms with Gasteiger partial charge >= 0.3 is 5.97 Å². The van der Waals surface area contributed by atoms with Crippen molar-refractivity contribution in [2.45, 2.75) is 70.8 Å². The highest BCUT2D eigenvalue weighted by Crippen LogP contribution is 2.38. The van der Waals surface area contributed by atoms with Crippen LogP contribution >= 0.6 is 0 Å². The summed E-state index contributed by atoms with van der Waals surface area (Å²) in [7, 11) is 0. The summed E-state index contributed by atoms with van der Waals surface area (Å²) in [6.07, 6.45) is 6.58. The van der Waals surface area contributed by atoms with Crippen LogP contribution in [0.5, 0.6) is 0 Å². The van der Waals surface area contributed by atoms with Crippen LogP contribution in [0.3, 0.4) is 0 Å². The van der Waals surface area contributed by atoms with E-state index in [4.69, 9.17) is 10.8 Å². The molecule has 0 aliphatic heterocycles. The number of carbonyl (C=O) groups is 2. The Morgan fingerprint density at radius 1 is 1.30 bits per heavy atom. The molecule has 0 aromatic heterocycles. The van der Waals surface area contributed by atoms with E-state index in [1.165, 1.54) is 0 Å². The number of hydrogen-bond donors (Lipinski definition) is 3. The summed E-state index contributed by atoms with van der Waals surface area (Å²) in [5.41, 5.74) is 4.85. The van der Waals surface area contributed by atoms with E-state index in [2.05, 4.69) is 5.32 Å². The number of hydrogen-bond acceptors (Lipinski definition) is 3. The van der Waals surface area contributed by atoms with E-state index >= 15 is 0 Å². The van der Waals surface area contributed by atoms with Crippen molar-refractivity contribution in [3.05, 3.63) is 0 Å². The van der Waals surface area contributed by atoms with Crippen LogP contribution in [0.1, 0.15) is 65.2 Å². The van der Waals surface area contributed by atoms with Gasteiger partial charge in [0, 0.05) is 6.54 Å². The lowest BCUT2D eigenvalue weighted by Crippen LogP contribution is -2.54. The number of rotatable bonds is 7. The second-order valence-electron chi connectivity index (χ2n) is 6.48. The van der Waals surface area contributed by atoms with Gasteiger partial charge in [-0.15, -0.1) is 0 Å². The van der Waals surface area contributed by atoms with Gasteiger partial charge in [-0.1, -0.05) is 32.6 Å². The van der Waals surface area contributed by atoms with Crippen molar-refractivity contribution in [3.63, 3.8) is 0 Å². The van der Waals surface area contributed by atoms with Gasteiger partial charge in [0.2, 0.25) is 5.91 Å². The summed E-state index contributed by atoms with van der Waals surface area (Å²) in [6.45, 7) is 4.15. The van der Waals surface area contributed by atoms with E-state index in [1.807, 2.05) is 6.92 Å². The number of carbonyl (C=O) groups excluding carboxylic acids is 1. The van der Waals surface area contributed by atoms with Crippen LogP contribution < -0.4 is 11.1 Å². The molecule has 1 rings (SSSR count). The Morgan fingerprint density at radius 2 is 1.90 bits per heavy atom. The van der Waals surface area contributed by atoms with E-state index in [0.717, 1.165) is 38.5 Å². The van der Waals surface area contributed by atoms with Crippen LogP contribution in [0.4, 0.5) is 0 Å². The lowest BCUT2D eigenvalue weighted by atomic mass is 9.71. The summed E-state index contributed by atoms with van der Waals surface area (Å²) < 4.78 is 0. The number of nitrogens with one attached hydrogen (secondary N) is 1. The van der Waals surface area contributed by atoms with E-state index in [0.29, 0.717) is 13.0 Å². The molecule has 5 heteroatoms. The summed E-state index contributed by atoms with van der Waals surface area (Å²) in [5.74, 6) is -0.958. The minimum Gasteiger partial charge on any atom is -0.481 e. The van der Waals surface area contributed by atoms with E-state index in [9.17, 15) is 9.59 Å². The average Bonchev–Trinajstić information content (AvgIpc) is 2.36. The SMILES string of the molecule is CCCC(C)(N)C(=O)NCC1(CC(=O)O)CCCCC1. The standard InChI is InChI=1S/C15H28N2O3/c1-3-7-14(2,16)13(20)17-11-15(10-12(18)19)8-5-4-6-9-15/h3-11,16H2,1-2H3,(H,17,20)(H,18,19). The Labute approximate surface area is 121 Å².